The van der Waals surface area contributed by atoms with Crippen molar-refractivity contribution in [3.8, 4) is 0 Å². The van der Waals surface area contributed by atoms with Crippen LogP contribution in [0.2, 0.25) is 0 Å². The molecule has 4 aromatic rings. The number of fused-ring (bicyclic) bond motifs is 2. The molecule has 0 amide bonds. The molecule has 2 heterocycles. The highest BCUT2D eigenvalue weighted by Crippen LogP contribution is 2.17. The van der Waals surface area contributed by atoms with Gasteiger partial charge in [0.05, 0.1) is 22.1 Å². The van der Waals surface area contributed by atoms with Crippen molar-refractivity contribution in [3.63, 3.8) is 0 Å². The highest BCUT2D eigenvalue weighted by atomic mass is 35.5. The average Bonchev–Trinajstić information content (AvgIpc) is 3.21. The Kier molecular flexibility index (Phi) is 10.1. The molecule has 2 aromatic heterocycles. The first-order valence-corrected chi connectivity index (χ1v) is 8.15. The van der Waals surface area contributed by atoms with Gasteiger partial charge in [-0.1, -0.05) is 0 Å². The van der Waals surface area contributed by atoms with E-state index in [2.05, 4.69) is 19.9 Å². The second kappa shape index (κ2) is 11.0. The van der Waals surface area contributed by atoms with Crippen LogP contribution in [0.3, 0.4) is 0 Å². The number of aromatic amines is 2. The summed E-state index contributed by atoms with van der Waals surface area (Å²) in [4.78, 5) is 15.7. The van der Waals surface area contributed by atoms with Crippen LogP contribution in [0.15, 0.2) is 36.4 Å². The number of aryl methyl sites for hydroxylation is 2. The third-order valence-electron chi connectivity index (χ3n) is 4.28. The van der Waals surface area contributed by atoms with E-state index in [0.717, 1.165) is 33.7 Å². The second-order valence-electron chi connectivity index (χ2n) is 6.16. The van der Waals surface area contributed by atoms with Crippen LogP contribution in [0.5, 0.6) is 0 Å². The maximum absolute atomic E-state index is 7.52. The summed E-state index contributed by atoms with van der Waals surface area (Å²) >= 11 is 0. The second-order valence-corrected chi connectivity index (χ2v) is 6.16. The summed E-state index contributed by atoms with van der Waals surface area (Å²) in [5.74, 6) is 1.78. The maximum Gasteiger partial charge on any atom is 0.122 e. The molecule has 0 fully saturated rings. The number of hydrogen-bond acceptors (Lipinski definition) is 4. The van der Waals surface area contributed by atoms with Gasteiger partial charge in [-0.15, -0.1) is 49.6 Å². The predicted octanol–water partition coefficient (Wildman–Crippen LogP) is 3.48. The Labute approximate surface area is 197 Å². The van der Waals surface area contributed by atoms with Gasteiger partial charge in [0, 0.05) is 24.0 Å². The SMILES string of the molecule is Cl.Cl.Cl.Cl.N=C(N)c1ccc2nc(CCc3nc4ccc(C(=N)N)cc4[nH]3)[nH]c2c1. The summed E-state index contributed by atoms with van der Waals surface area (Å²) in [6, 6.07) is 11.0. The van der Waals surface area contributed by atoms with Gasteiger partial charge >= 0.3 is 0 Å². The lowest BCUT2D eigenvalue weighted by molar-refractivity contribution is 0.844. The molecule has 0 aliphatic rings. The van der Waals surface area contributed by atoms with Crippen LogP contribution in [0, 0.1) is 10.8 Å². The molecule has 0 aliphatic carbocycles. The number of halogens is 4. The average molecular weight is 492 g/mol. The third kappa shape index (κ3) is 5.54. The van der Waals surface area contributed by atoms with Crippen molar-refractivity contribution in [1.82, 2.24) is 19.9 Å². The number of nitrogen functional groups attached to an aromatic ring is 2. The van der Waals surface area contributed by atoms with Crippen LogP contribution in [0.1, 0.15) is 22.8 Å². The zero-order chi connectivity index (χ0) is 18.3. The van der Waals surface area contributed by atoms with Crippen LogP contribution in [0.4, 0.5) is 0 Å². The summed E-state index contributed by atoms with van der Waals surface area (Å²) in [6.45, 7) is 0. The van der Waals surface area contributed by atoms with Gasteiger partial charge in [-0.25, -0.2) is 9.97 Å². The molecule has 0 aliphatic heterocycles. The number of rotatable bonds is 5. The van der Waals surface area contributed by atoms with E-state index in [1.807, 2.05) is 24.3 Å². The highest BCUT2D eigenvalue weighted by molar-refractivity contribution is 5.98. The lowest BCUT2D eigenvalue weighted by atomic mass is 10.2. The third-order valence-corrected chi connectivity index (χ3v) is 4.28. The number of nitrogens with two attached hydrogens (primary N) is 2. The first-order valence-electron chi connectivity index (χ1n) is 8.15. The Morgan fingerprint density at radius 1 is 0.700 bits per heavy atom. The van der Waals surface area contributed by atoms with Crippen LogP contribution in [-0.2, 0) is 12.8 Å². The summed E-state index contributed by atoms with van der Waals surface area (Å²) in [5, 5.41) is 15.0. The minimum absolute atomic E-state index is 0. The molecule has 0 bridgehead atoms. The molecule has 12 heteroatoms. The lowest BCUT2D eigenvalue weighted by Gasteiger charge is -1.96. The van der Waals surface area contributed by atoms with Crippen LogP contribution < -0.4 is 11.5 Å². The number of imidazole rings is 2. The van der Waals surface area contributed by atoms with Crippen molar-refractivity contribution < 1.29 is 0 Å². The quantitative estimate of drug-likeness (QED) is 0.186. The van der Waals surface area contributed by atoms with Crippen molar-refractivity contribution in [2.24, 2.45) is 11.5 Å². The monoisotopic (exact) mass is 490 g/mol. The number of aromatic nitrogens is 4. The standard InChI is InChI=1S/C18H18N8.4ClH/c19-17(20)9-1-3-11-13(7-9)25-15(23-11)5-6-16-24-12-4-2-10(18(21)22)8-14(12)26-16;;;;/h1-4,7-8H,5-6H2,(H3,19,20)(H3,21,22)(H,23,25)(H,24,26);4*1H. The van der Waals surface area contributed by atoms with Gasteiger partial charge in [-0.3, -0.25) is 10.8 Å². The number of benzene rings is 2. The minimum Gasteiger partial charge on any atom is -0.384 e. The summed E-state index contributed by atoms with van der Waals surface area (Å²) in [6.07, 6.45) is 1.40. The summed E-state index contributed by atoms with van der Waals surface area (Å²) in [5.41, 5.74) is 15.8. The Morgan fingerprint density at radius 2 is 1.07 bits per heavy atom. The van der Waals surface area contributed by atoms with Gasteiger partial charge in [0.2, 0.25) is 0 Å². The first kappa shape index (κ1) is 27.5. The van der Waals surface area contributed by atoms with E-state index in [0.29, 0.717) is 24.0 Å². The Hall–Kier alpha value is -2.52. The Balaban J connectivity index is 0.00000210. The van der Waals surface area contributed by atoms with Gasteiger partial charge < -0.3 is 21.4 Å². The van der Waals surface area contributed by atoms with E-state index in [-0.39, 0.29) is 61.3 Å². The zero-order valence-corrected chi connectivity index (χ0v) is 18.8. The fraction of sp³-hybridized carbons (Fsp3) is 0.111. The van der Waals surface area contributed by atoms with Gasteiger partial charge in [-0.05, 0) is 36.4 Å². The highest BCUT2D eigenvalue weighted by Gasteiger charge is 2.08. The van der Waals surface area contributed by atoms with E-state index in [1.165, 1.54) is 0 Å². The van der Waals surface area contributed by atoms with Crippen molar-refractivity contribution >= 4 is 83.4 Å². The van der Waals surface area contributed by atoms with Crippen molar-refractivity contribution in [3.05, 3.63) is 59.2 Å². The van der Waals surface area contributed by atoms with Crippen molar-refractivity contribution in [2.75, 3.05) is 0 Å². The maximum atomic E-state index is 7.52. The summed E-state index contributed by atoms with van der Waals surface area (Å²) < 4.78 is 0. The van der Waals surface area contributed by atoms with Gasteiger partial charge in [-0.2, -0.15) is 0 Å². The van der Waals surface area contributed by atoms with Crippen LogP contribution >= 0.6 is 49.6 Å². The molecule has 0 spiro atoms. The van der Waals surface area contributed by atoms with E-state index < -0.39 is 0 Å². The molecule has 0 radical (unpaired) electrons. The van der Waals surface area contributed by atoms with Gasteiger partial charge in [0.1, 0.15) is 23.3 Å². The Morgan fingerprint density at radius 3 is 1.40 bits per heavy atom. The predicted molar refractivity (Wildman–Crippen MR) is 131 cm³/mol. The number of amidine groups is 2. The fourth-order valence-corrected chi connectivity index (χ4v) is 2.93. The van der Waals surface area contributed by atoms with E-state index in [1.54, 1.807) is 12.1 Å². The number of hydrogen-bond donors (Lipinski definition) is 6. The first-order chi connectivity index (χ1) is 12.5. The molecule has 0 atom stereocenters. The molecule has 0 saturated carbocycles. The molecular weight excluding hydrogens is 470 g/mol. The van der Waals surface area contributed by atoms with Crippen molar-refractivity contribution in [1.29, 1.82) is 10.8 Å². The molecule has 2 aromatic carbocycles. The summed E-state index contributed by atoms with van der Waals surface area (Å²) in [7, 11) is 0. The van der Waals surface area contributed by atoms with Crippen LogP contribution in [-0.4, -0.2) is 31.6 Å². The fourth-order valence-electron chi connectivity index (χ4n) is 2.93. The molecule has 8 N–H and O–H groups in total. The van der Waals surface area contributed by atoms with Crippen molar-refractivity contribution in [2.45, 2.75) is 12.8 Å². The largest absolute Gasteiger partial charge is 0.384 e. The number of H-pyrrole nitrogens is 2. The molecule has 30 heavy (non-hydrogen) atoms. The van der Waals surface area contributed by atoms with Gasteiger partial charge in [0.25, 0.3) is 0 Å². The van der Waals surface area contributed by atoms with Crippen LogP contribution in [0.25, 0.3) is 22.1 Å². The number of nitrogens with one attached hydrogen (secondary N) is 4. The van der Waals surface area contributed by atoms with Gasteiger partial charge in [0.15, 0.2) is 0 Å². The topological polar surface area (TPSA) is 157 Å². The molecule has 0 saturated heterocycles. The smallest absolute Gasteiger partial charge is 0.122 e. The van der Waals surface area contributed by atoms with E-state index in [9.17, 15) is 0 Å². The Bertz CT molecular complexity index is 1080. The minimum atomic E-state index is 0. The molecule has 0 unspecified atom stereocenters. The lowest BCUT2D eigenvalue weighted by Crippen LogP contribution is -2.10. The zero-order valence-electron chi connectivity index (χ0n) is 15.6. The molecule has 162 valence electrons. The number of nitrogens with zero attached hydrogens (tertiary/aromatic N) is 2. The van der Waals surface area contributed by atoms with E-state index >= 15 is 0 Å². The molecular formula is C18H22Cl4N8. The van der Waals surface area contributed by atoms with E-state index in [4.69, 9.17) is 22.3 Å². The normalized spacial score (nSPS) is 9.73. The molecule has 8 nitrogen and oxygen atoms in total. The molecule has 4 rings (SSSR count).